The van der Waals surface area contributed by atoms with E-state index in [1.165, 1.54) is 0 Å². The first-order chi connectivity index (χ1) is 7.44. The Labute approximate surface area is 105 Å². The van der Waals surface area contributed by atoms with Crippen LogP contribution in [0.25, 0.3) is 0 Å². The van der Waals surface area contributed by atoms with Crippen LogP contribution in [0.3, 0.4) is 0 Å². The van der Waals surface area contributed by atoms with E-state index in [2.05, 4.69) is 40.1 Å². The first-order valence-electron chi connectivity index (χ1n) is 5.41. The van der Waals surface area contributed by atoms with Gasteiger partial charge in [0.2, 0.25) is 0 Å². The second-order valence-electron chi connectivity index (χ2n) is 4.81. The highest BCUT2D eigenvalue weighted by Gasteiger charge is 2.17. The third kappa shape index (κ3) is 4.10. The quantitative estimate of drug-likeness (QED) is 0.875. The summed E-state index contributed by atoms with van der Waals surface area (Å²) in [5, 5.41) is 12.3. The predicted molar refractivity (Wildman–Crippen MR) is 70.6 cm³/mol. The van der Waals surface area contributed by atoms with Crippen molar-refractivity contribution in [2.45, 2.75) is 27.2 Å². The molecule has 3 nitrogen and oxygen atoms in total. The maximum atomic E-state index is 8.94. The van der Waals surface area contributed by atoms with Crippen molar-refractivity contribution in [3.63, 3.8) is 0 Å². The molecule has 90 valence electrons. The van der Waals surface area contributed by atoms with E-state index in [-0.39, 0.29) is 12.0 Å². The molecule has 0 atom stereocenters. The van der Waals surface area contributed by atoms with Gasteiger partial charge in [-0.1, -0.05) is 13.8 Å². The highest BCUT2D eigenvalue weighted by molar-refractivity contribution is 9.10. The van der Waals surface area contributed by atoms with Gasteiger partial charge >= 0.3 is 0 Å². The number of pyridine rings is 1. The molecule has 0 aliphatic heterocycles. The molecule has 1 aromatic heterocycles. The van der Waals surface area contributed by atoms with Crippen molar-refractivity contribution in [2.24, 2.45) is 5.41 Å². The molecule has 1 heterocycles. The lowest BCUT2D eigenvalue weighted by molar-refractivity contribution is 0.220. The summed E-state index contributed by atoms with van der Waals surface area (Å²) in [6.45, 7) is 7.32. The summed E-state index contributed by atoms with van der Waals surface area (Å²) in [5.74, 6) is 0.911. The lowest BCUT2D eigenvalue weighted by atomic mass is 9.90. The number of aromatic nitrogens is 1. The van der Waals surface area contributed by atoms with Crippen LogP contribution in [0.5, 0.6) is 0 Å². The Kier molecular flexibility index (Phi) is 4.74. The first kappa shape index (κ1) is 13.5. The normalized spacial score (nSPS) is 11.6. The van der Waals surface area contributed by atoms with Gasteiger partial charge in [-0.2, -0.15) is 0 Å². The van der Waals surface area contributed by atoms with Gasteiger partial charge in [0.05, 0.1) is 0 Å². The van der Waals surface area contributed by atoms with Crippen LogP contribution in [-0.4, -0.2) is 23.2 Å². The van der Waals surface area contributed by atoms with Crippen LogP contribution in [0.4, 0.5) is 5.82 Å². The molecule has 1 rings (SSSR count). The van der Waals surface area contributed by atoms with Gasteiger partial charge in [-0.25, -0.2) is 4.98 Å². The number of aliphatic hydroxyl groups excluding tert-OH is 1. The molecule has 16 heavy (non-hydrogen) atoms. The van der Waals surface area contributed by atoms with Gasteiger partial charge in [0.25, 0.3) is 0 Å². The molecule has 2 N–H and O–H groups in total. The zero-order valence-electron chi connectivity index (χ0n) is 10.0. The summed E-state index contributed by atoms with van der Waals surface area (Å²) < 4.78 is 0.991. The number of nitrogens with zero attached hydrogens (tertiary/aromatic N) is 1. The van der Waals surface area contributed by atoms with Crippen molar-refractivity contribution in [3.05, 3.63) is 22.3 Å². The molecule has 0 aromatic carbocycles. The minimum atomic E-state index is 0.0793. The fraction of sp³-hybridized carbons (Fsp3) is 0.583. The zero-order chi connectivity index (χ0) is 12.2. The van der Waals surface area contributed by atoms with E-state index in [9.17, 15) is 0 Å². The fourth-order valence-corrected chi connectivity index (χ4v) is 1.89. The smallest absolute Gasteiger partial charge is 0.128 e. The van der Waals surface area contributed by atoms with Gasteiger partial charge in [0.15, 0.2) is 0 Å². The van der Waals surface area contributed by atoms with E-state index in [0.717, 1.165) is 28.8 Å². The number of anilines is 1. The van der Waals surface area contributed by atoms with Gasteiger partial charge < -0.3 is 10.4 Å². The molecule has 4 heteroatoms. The number of halogens is 1. The number of rotatable bonds is 5. The second-order valence-corrected chi connectivity index (χ2v) is 5.73. The van der Waals surface area contributed by atoms with Gasteiger partial charge in [0.1, 0.15) is 5.82 Å². The molecule has 0 saturated heterocycles. The lowest BCUT2D eigenvalue weighted by Crippen LogP contribution is -2.24. The Morgan fingerprint density at radius 3 is 2.75 bits per heavy atom. The standard InChI is InChI=1S/C12H19BrN2O/c1-9-6-10(13)7-14-11(9)15-8-12(2,3)4-5-16/h6-7,16H,4-5,8H2,1-3H3,(H,14,15). The van der Waals surface area contributed by atoms with E-state index >= 15 is 0 Å². The molecule has 0 fully saturated rings. The summed E-state index contributed by atoms with van der Waals surface area (Å²) in [6.07, 6.45) is 2.57. The van der Waals surface area contributed by atoms with E-state index in [1.54, 1.807) is 6.20 Å². The average molecular weight is 287 g/mol. The summed E-state index contributed by atoms with van der Waals surface area (Å²) >= 11 is 3.39. The summed E-state index contributed by atoms with van der Waals surface area (Å²) in [4.78, 5) is 4.32. The number of hydrogen-bond acceptors (Lipinski definition) is 3. The number of nitrogens with one attached hydrogen (secondary N) is 1. The molecule has 0 bridgehead atoms. The molecule has 0 saturated carbocycles. The Hall–Kier alpha value is -0.610. The topological polar surface area (TPSA) is 45.2 Å². The molecule has 0 aliphatic carbocycles. The zero-order valence-corrected chi connectivity index (χ0v) is 11.6. The van der Waals surface area contributed by atoms with Crippen LogP contribution in [0, 0.1) is 12.3 Å². The Balaban J connectivity index is 2.61. The fourth-order valence-electron chi connectivity index (χ4n) is 1.44. The van der Waals surface area contributed by atoms with Crippen LogP contribution in [-0.2, 0) is 0 Å². The van der Waals surface area contributed by atoms with Crippen LogP contribution in [0.2, 0.25) is 0 Å². The third-order valence-electron chi connectivity index (χ3n) is 2.57. The van der Waals surface area contributed by atoms with E-state index in [4.69, 9.17) is 5.11 Å². The summed E-state index contributed by atoms with van der Waals surface area (Å²) in [7, 11) is 0. The van der Waals surface area contributed by atoms with Crippen molar-refractivity contribution >= 4 is 21.7 Å². The second kappa shape index (κ2) is 5.64. The molecular formula is C12H19BrN2O. The Morgan fingerprint density at radius 1 is 1.50 bits per heavy atom. The first-order valence-corrected chi connectivity index (χ1v) is 6.21. The van der Waals surface area contributed by atoms with Gasteiger partial charge in [0, 0.05) is 23.8 Å². The van der Waals surface area contributed by atoms with Crippen LogP contribution >= 0.6 is 15.9 Å². The molecule has 0 unspecified atom stereocenters. The number of hydrogen-bond donors (Lipinski definition) is 2. The van der Waals surface area contributed by atoms with Gasteiger partial charge in [-0.3, -0.25) is 0 Å². The van der Waals surface area contributed by atoms with Crippen molar-refractivity contribution < 1.29 is 5.11 Å². The van der Waals surface area contributed by atoms with E-state index in [0.29, 0.717) is 0 Å². The van der Waals surface area contributed by atoms with E-state index < -0.39 is 0 Å². The van der Waals surface area contributed by atoms with Crippen molar-refractivity contribution in [1.29, 1.82) is 0 Å². The number of aliphatic hydroxyl groups is 1. The molecule has 0 radical (unpaired) electrons. The Morgan fingerprint density at radius 2 is 2.19 bits per heavy atom. The van der Waals surface area contributed by atoms with Gasteiger partial charge in [-0.05, 0) is 46.3 Å². The summed E-state index contributed by atoms with van der Waals surface area (Å²) in [6, 6.07) is 2.04. The van der Waals surface area contributed by atoms with Crippen LogP contribution in [0.15, 0.2) is 16.7 Å². The van der Waals surface area contributed by atoms with Crippen molar-refractivity contribution in [2.75, 3.05) is 18.5 Å². The highest BCUT2D eigenvalue weighted by atomic mass is 79.9. The number of aryl methyl sites for hydroxylation is 1. The SMILES string of the molecule is Cc1cc(Br)cnc1NCC(C)(C)CCO. The van der Waals surface area contributed by atoms with E-state index in [1.807, 2.05) is 13.0 Å². The molecule has 1 aromatic rings. The molecule has 0 amide bonds. The maximum Gasteiger partial charge on any atom is 0.128 e. The minimum absolute atomic E-state index is 0.0793. The Bertz CT molecular complexity index is 353. The van der Waals surface area contributed by atoms with Gasteiger partial charge in [-0.15, -0.1) is 0 Å². The maximum absolute atomic E-state index is 8.94. The molecule has 0 spiro atoms. The minimum Gasteiger partial charge on any atom is -0.396 e. The van der Waals surface area contributed by atoms with Crippen LogP contribution in [0.1, 0.15) is 25.8 Å². The van der Waals surface area contributed by atoms with Crippen molar-refractivity contribution in [1.82, 2.24) is 4.98 Å². The highest BCUT2D eigenvalue weighted by Crippen LogP contribution is 2.22. The molecular weight excluding hydrogens is 268 g/mol. The molecule has 0 aliphatic rings. The predicted octanol–water partition coefficient (Wildman–Crippen LogP) is 2.97. The lowest BCUT2D eigenvalue weighted by Gasteiger charge is -2.24. The largest absolute Gasteiger partial charge is 0.396 e. The van der Waals surface area contributed by atoms with Crippen molar-refractivity contribution in [3.8, 4) is 0 Å². The monoisotopic (exact) mass is 286 g/mol. The third-order valence-corrected chi connectivity index (χ3v) is 3.00. The van der Waals surface area contributed by atoms with Crippen LogP contribution < -0.4 is 5.32 Å². The average Bonchev–Trinajstić information content (AvgIpc) is 2.16. The summed E-state index contributed by atoms with van der Waals surface area (Å²) in [5.41, 5.74) is 1.20.